The van der Waals surface area contributed by atoms with Crippen molar-refractivity contribution in [3.8, 4) is 5.75 Å². The van der Waals surface area contributed by atoms with E-state index in [4.69, 9.17) is 4.74 Å². The molecule has 0 N–H and O–H groups in total. The number of aryl methyl sites for hydroxylation is 1. The zero-order chi connectivity index (χ0) is 12.0. The summed E-state index contributed by atoms with van der Waals surface area (Å²) in [5.74, 6) is 2.44. The summed E-state index contributed by atoms with van der Waals surface area (Å²) in [5.41, 5.74) is 0.644. The van der Waals surface area contributed by atoms with Crippen LogP contribution in [0.25, 0.3) is 0 Å². The summed E-state index contributed by atoms with van der Waals surface area (Å²) >= 11 is 0. The molecule has 0 saturated heterocycles. The molecular weight excluding hydrogens is 216 g/mol. The number of carbonyl (C=O) groups is 1. The van der Waals surface area contributed by atoms with Crippen LogP contribution in [0.4, 0.5) is 0 Å². The predicted octanol–water partition coefficient (Wildman–Crippen LogP) is 2.05. The lowest BCUT2D eigenvalue weighted by Crippen LogP contribution is -2.23. The lowest BCUT2D eigenvalue weighted by atomic mass is 9.84. The standard InChI is InChI=1S/C13H18N2O2/c1-15-12(11(17-2)7-14-15)13(16)10-6-8-3-4-9(10)5-8/h7-10H,3-6H2,1-2H3. The SMILES string of the molecule is COc1cnn(C)c1C(=O)C1CC2CCC1C2. The van der Waals surface area contributed by atoms with Crippen LogP contribution in [0.15, 0.2) is 6.20 Å². The number of hydrogen-bond acceptors (Lipinski definition) is 3. The Morgan fingerprint density at radius 3 is 2.88 bits per heavy atom. The molecule has 2 fully saturated rings. The molecule has 3 atom stereocenters. The molecule has 2 bridgehead atoms. The Kier molecular flexibility index (Phi) is 2.45. The lowest BCUT2D eigenvalue weighted by Gasteiger charge is -2.20. The second kappa shape index (κ2) is 3.86. The van der Waals surface area contributed by atoms with Gasteiger partial charge in [-0.1, -0.05) is 6.42 Å². The maximum absolute atomic E-state index is 12.6. The maximum Gasteiger partial charge on any atom is 0.188 e. The van der Waals surface area contributed by atoms with Crippen LogP contribution in [-0.4, -0.2) is 22.7 Å². The lowest BCUT2D eigenvalue weighted by molar-refractivity contribution is 0.0861. The average Bonchev–Trinajstić information content (AvgIpc) is 3.01. The fourth-order valence-corrected chi connectivity index (χ4v) is 3.59. The fourth-order valence-electron chi connectivity index (χ4n) is 3.59. The summed E-state index contributed by atoms with van der Waals surface area (Å²) in [6.45, 7) is 0. The molecule has 0 radical (unpaired) electrons. The van der Waals surface area contributed by atoms with Crippen LogP contribution < -0.4 is 4.74 Å². The number of ketones is 1. The Bertz CT molecular complexity index is 452. The molecule has 2 saturated carbocycles. The largest absolute Gasteiger partial charge is 0.493 e. The summed E-state index contributed by atoms with van der Waals surface area (Å²) in [7, 11) is 3.40. The number of hydrogen-bond donors (Lipinski definition) is 0. The fraction of sp³-hybridized carbons (Fsp3) is 0.692. The topological polar surface area (TPSA) is 44.1 Å². The smallest absolute Gasteiger partial charge is 0.188 e. The minimum absolute atomic E-state index is 0.207. The first-order valence-electron chi connectivity index (χ1n) is 6.31. The number of nitrogens with zero attached hydrogens (tertiary/aromatic N) is 2. The van der Waals surface area contributed by atoms with Crippen LogP contribution in [0, 0.1) is 17.8 Å². The van der Waals surface area contributed by atoms with E-state index in [1.54, 1.807) is 18.0 Å². The van der Waals surface area contributed by atoms with E-state index in [2.05, 4.69) is 5.10 Å². The van der Waals surface area contributed by atoms with Gasteiger partial charge in [0.1, 0.15) is 5.69 Å². The molecule has 0 aliphatic heterocycles. The number of ether oxygens (including phenoxy) is 1. The van der Waals surface area contributed by atoms with Gasteiger partial charge in [-0.25, -0.2) is 0 Å². The molecule has 0 spiro atoms. The van der Waals surface area contributed by atoms with Crippen molar-refractivity contribution in [1.82, 2.24) is 9.78 Å². The molecule has 92 valence electrons. The van der Waals surface area contributed by atoms with E-state index < -0.39 is 0 Å². The molecular formula is C13H18N2O2. The first kappa shape index (κ1) is 10.8. The van der Waals surface area contributed by atoms with Gasteiger partial charge in [0.25, 0.3) is 0 Å². The van der Waals surface area contributed by atoms with Gasteiger partial charge in [0.2, 0.25) is 0 Å². The predicted molar refractivity (Wildman–Crippen MR) is 63.0 cm³/mol. The van der Waals surface area contributed by atoms with Crippen LogP contribution in [0.3, 0.4) is 0 Å². The van der Waals surface area contributed by atoms with E-state index >= 15 is 0 Å². The van der Waals surface area contributed by atoms with Gasteiger partial charge >= 0.3 is 0 Å². The molecule has 2 aliphatic carbocycles. The van der Waals surface area contributed by atoms with Crippen molar-refractivity contribution in [2.24, 2.45) is 24.8 Å². The highest BCUT2D eigenvalue weighted by atomic mass is 16.5. The third-order valence-corrected chi connectivity index (χ3v) is 4.43. The van der Waals surface area contributed by atoms with Crippen molar-refractivity contribution >= 4 is 5.78 Å². The van der Waals surface area contributed by atoms with E-state index in [-0.39, 0.29) is 11.7 Å². The number of rotatable bonds is 3. The second-order valence-electron chi connectivity index (χ2n) is 5.33. The monoisotopic (exact) mass is 234 g/mol. The molecule has 1 heterocycles. The Morgan fingerprint density at radius 1 is 1.47 bits per heavy atom. The molecule has 4 heteroatoms. The van der Waals surface area contributed by atoms with E-state index in [0.717, 1.165) is 12.3 Å². The summed E-state index contributed by atoms with van der Waals surface area (Å²) < 4.78 is 6.87. The quantitative estimate of drug-likeness (QED) is 0.752. The molecule has 17 heavy (non-hydrogen) atoms. The Morgan fingerprint density at radius 2 is 2.29 bits per heavy atom. The Hall–Kier alpha value is -1.32. The Labute approximate surface area is 101 Å². The van der Waals surface area contributed by atoms with Gasteiger partial charge in [-0.05, 0) is 31.1 Å². The third-order valence-electron chi connectivity index (χ3n) is 4.43. The summed E-state index contributed by atoms with van der Waals surface area (Å²) in [4.78, 5) is 12.6. The minimum atomic E-state index is 0.207. The normalized spacial score (nSPS) is 30.8. The van der Waals surface area contributed by atoms with Crippen molar-refractivity contribution in [1.29, 1.82) is 0 Å². The molecule has 1 aromatic heterocycles. The van der Waals surface area contributed by atoms with E-state index in [9.17, 15) is 4.79 Å². The van der Waals surface area contributed by atoms with Gasteiger partial charge in [0.05, 0.1) is 13.3 Å². The summed E-state index contributed by atoms with van der Waals surface area (Å²) in [6, 6.07) is 0. The number of carbonyl (C=O) groups excluding carboxylic acids is 1. The molecule has 0 aromatic carbocycles. The van der Waals surface area contributed by atoms with Gasteiger partial charge in [0, 0.05) is 13.0 Å². The van der Waals surface area contributed by atoms with E-state index in [0.29, 0.717) is 17.4 Å². The van der Waals surface area contributed by atoms with E-state index in [1.165, 1.54) is 19.3 Å². The maximum atomic E-state index is 12.6. The van der Waals surface area contributed by atoms with Crippen LogP contribution >= 0.6 is 0 Å². The molecule has 3 unspecified atom stereocenters. The van der Waals surface area contributed by atoms with Crippen molar-refractivity contribution < 1.29 is 9.53 Å². The van der Waals surface area contributed by atoms with Gasteiger partial charge in [0.15, 0.2) is 11.5 Å². The summed E-state index contributed by atoms with van der Waals surface area (Å²) in [5, 5.41) is 4.11. The van der Waals surface area contributed by atoms with Gasteiger partial charge < -0.3 is 4.74 Å². The molecule has 4 nitrogen and oxygen atoms in total. The van der Waals surface area contributed by atoms with Crippen LogP contribution in [0.1, 0.15) is 36.2 Å². The Balaban J connectivity index is 1.89. The first-order valence-corrected chi connectivity index (χ1v) is 6.31. The molecule has 3 rings (SSSR count). The molecule has 0 amide bonds. The van der Waals surface area contributed by atoms with E-state index in [1.807, 2.05) is 7.05 Å². The number of Topliss-reactive ketones (excluding diaryl/α,β-unsaturated/α-hetero) is 1. The van der Waals surface area contributed by atoms with Crippen LogP contribution in [-0.2, 0) is 7.05 Å². The zero-order valence-electron chi connectivity index (χ0n) is 10.3. The van der Waals surface area contributed by atoms with Crippen LogP contribution in [0.2, 0.25) is 0 Å². The highest BCUT2D eigenvalue weighted by Crippen LogP contribution is 2.49. The zero-order valence-corrected chi connectivity index (χ0v) is 10.3. The summed E-state index contributed by atoms with van der Waals surface area (Å²) in [6.07, 6.45) is 6.48. The van der Waals surface area contributed by atoms with Crippen molar-refractivity contribution in [2.75, 3.05) is 7.11 Å². The van der Waals surface area contributed by atoms with Gasteiger partial charge in [-0.2, -0.15) is 5.10 Å². The van der Waals surface area contributed by atoms with Crippen molar-refractivity contribution in [2.45, 2.75) is 25.7 Å². The highest BCUT2D eigenvalue weighted by molar-refractivity contribution is 5.99. The highest BCUT2D eigenvalue weighted by Gasteiger charge is 2.44. The third kappa shape index (κ3) is 1.58. The molecule has 1 aromatic rings. The van der Waals surface area contributed by atoms with Gasteiger partial charge in [-0.3, -0.25) is 9.48 Å². The number of methoxy groups -OCH3 is 1. The van der Waals surface area contributed by atoms with Crippen LogP contribution in [0.5, 0.6) is 5.75 Å². The number of fused-ring (bicyclic) bond motifs is 2. The minimum Gasteiger partial charge on any atom is -0.493 e. The van der Waals surface area contributed by atoms with Crippen molar-refractivity contribution in [3.05, 3.63) is 11.9 Å². The van der Waals surface area contributed by atoms with Gasteiger partial charge in [-0.15, -0.1) is 0 Å². The number of aromatic nitrogens is 2. The van der Waals surface area contributed by atoms with Crippen molar-refractivity contribution in [3.63, 3.8) is 0 Å². The second-order valence-corrected chi connectivity index (χ2v) is 5.33. The average molecular weight is 234 g/mol. The molecule has 2 aliphatic rings. The first-order chi connectivity index (χ1) is 8.20.